The maximum absolute atomic E-state index is 12.4. The Bertz CT molecular complexity index is 710. The molecule has 0 radical (unpaired) electrons. The van der Waals surface area contributed by atoms with Gasteiger partial charge in [-0.15, -0.1) is 5.10 Å². The molecule has 1 amide bonds. The lowest BCUT2D eigenvalue weighted by Gasteiger charge is -2.23. The Labute approximate surface area is 160 Å². The van der Waals surface area contributed by atoms with Gasteiger partial charge in [0.05, 0.1) is 18.3 Å². The van der Waals surface area contributed by atoms with E-state index >= 15 is 0 Å². The number of aromatic nitrogens is 3. The fourth-order valence-corrected chi connectivity index (χ4v) is 3.33. The summed E-state index contributed by atoms with van der Waals surface area (Å²) in [5.41, 5.74) is 2.47. The van der Waals surface area contributed by atoms with Gasteiger partial charge in [0.1, 0.15) is 0 Å². The number of hydrogen-bond acceptors (Lipinski definition) is 5. The SMILES string of the molecule is Cc1c(C(=O)NCCCCOCc2ccccc2)nnn1C1CCNCC1. The van der Waals surface area contributed by atoms with Gasteiger partial charge in [-0.1, -0.05) is 35.5 Å². The number of nitrogens with one attached hydrogen (secondary N) is 2. The van der Waals surface area contributed by atoms with Gasteiger partial charge in [0, 0.05) is 13.2 Å². The quantitative estimate of drug-likeness (QED) is 0.661. The van der Waals surface area contributed by atoms with Crippen LogP contribution in [0.1, 0.15) is 53.5 Å². The molecule has 0 saturated carbocycles. The molecule has 2 heterocycles. The van der Waals surface area contributed by atoms with E-state index in [-0.39, 0.29) is 5.91 Å². The lowest BCUT2D eigenvalue weighted by Crippen LogP contribution is -2.30. The summed E-state index contributed by atoms with van der Waals surface area (Å²) in [5.74, 6) is -0.141. The Morgan fingerprint density at radius 2 is 2.04 bits per heavy atom. The Balaban J connectivity index is 1.34. The maximum atomic E-state index is 12.4. The molecule has 0 unspecified atom stereocenters. The van der Waals surface area contributed by atoms with Crippen LogP contribution in [0.15, 0.2) is 30.3 Å². The Morgan fingerprint density at radius 3 is 2.81 bits per heavy atom. The second-order valence-electron chi connectivity index (χ2n) is 6.95. The summed E-state index contributed by atoms with van der Waals surface area (Å²) >= 11 is 0. The van der Waals surface area contributed by atoms with Crippen molar-refractivity contribution in [3.63, 3.8) is 0 Å². The van der Waals surface area contributed by atoms with Gasteiger partial charge < -0.3 is 15.4 Å². The number of nitrogens with zero attached hydrogens (tertiary/aromatic N) is 3. The molecule has 7 heteroatoms. The topological polar surface area (TPSA) is 81.1 Å². The first-order valence-electron chi connectivity index (χ1n) is 9.78. The summed E-state index contributed by atoms with van der Waals surface area (Å²) < 4.78 is 7.57. The van der Waals surface area contributed by atoms with Crippen molar-refractivity contribution in [2.24, 2.45) is 0 Å². The molecule has 146 valence electrons. The van der Waals surface area contributed by atoms with Crippen LogP contribution in [0.2, 0.25) is 0 Å². The van der Waals surface area contributed by atoms with Gasteiger partial charge in [-0.05, 0) is 51.3 Å². The fraction of sp³-hybridized carbons (Fsp3) is 0.550. The first-order chi connectivity index (χ1) is 13.3. The molecule has 1 aliphatic rings. The summed E-state index contributed by atoms with van der Waals surface area (Å²) in [5, 5.41) is 14.6. The number of amides is 1. The molecule has 1 aliphatic heterocycles. The first-order valence-corrected chi connectivity index (χ1v) is 9.78. The second kappa shape index (κ2) is 10.2. The number of benzene rings is 1. The molecule has 7 nitrogen and oxygen atoms in total. The van der Waals surface area contributed by atoms with Crippen LogP contribution in [0, 0.1) is 6.92 Å². The van der Waals surface area contributed by atoms with Crippen molar-refractivity contribution < 1.29 is 9.53 Å². The zero-order chi connectivity index (χ0) is 18.9. The molecule has 1 saturated heterocycles. The van der Waals surface area contributed by atoms with Crippen molar-refractivity contribution in [1.29, 1.82) is 0 Å². The van der Waals surface area contributed by atoms with Gasteiger partial charge in [0.2, 0.25) is 0 Å². The zero-order valence-corrected chi connectivity index (χ0v) is 16.0. The van der Waals surface area contributed by atoms with Crippen LogP contribution in [0.25, 0.3) is 0 Å². The Hall–Kier alpha value is -2.25. The molecule has 1 aromatic heterocycles. The molecular formula is C20H29N5O2. The van der Waals surface area contributed by atoms with Gasteiger partial charge in [-0.2, -0.15) is 0 Å². The minimum Gasteiger partial charge on any atom is -0.377 e. The van der Waals surface area contributed by atoms with Crippen LogP contribution < -0.4 is 10.6 Å². The summed E-state index contributed by atoms with van der Waals surface area (Å²) in [6, 6.07) is 10.5. The Morgan fingerprint density at radius 1 is 1.26 bits per heavy atom. The number of carbonyl (C=O) groups is 1. The van der Waals surface area contributed by atoms with Gasteiger partial charge in [-0.3, -0.25) is 4.79 Å². The average molecular weight is 371 g/mol. The van der Waals surface area contributed by atoms with Crippen LogP contribution in [0.5, 0.6) is 0 Å². The summed E-state index contributed by atoms with van der Waals surface area (Å²) in [7, 11) is 0. The fourth-order valence-electron chi connectivity index (χ4n) is 3.33. The van der Waals surface area contributed by atoms with Crippen molar-refractivity contribution >= 4 is 5.91 Å². The lowest BCUT2D eigenvalue weighted by molar-refractivity contribution is 0.0940. The summed E-state index contributed by atoms with van der Waals surface area (Å²) in [4.78, 5) is 12.4. The summed E-state index contributed by atoms with van der Waals surface area (Å²) in [6.07, 6.45) is 3.83. The Kier molecular flexibility index (Phi) is 7.36. The molecule has 1 aromatic carbocycles. The highest BCUT2D eigenvalue weighted by Gasteiger charge is 2.22. The monoisotopic (exact) mass is 371 g/mol. The average Bonchev–Trinajstić information content (AvgIpc) is 3.10. The van der Waals surface area contributed by atoms with Crippen LogP contribution in [-0.4, -0.2) is 47.1 Å². The molecule has 0 atom stereocenters. The molecule has 2 N–H and O–H groups in total. The van der Waals surface area contributed by atoms with Gasteiger partial charge in [-0.25, -0.2) is 4.68 Å². The van der Waals surface area contributed by atoms with E-state index in [9.17, 15) is 4.79 Å². The van der Waals surface area contributed by atoms with Crippen LogP contribution in [0.3, 0.4) is 0 Å². The smallest absolute Gasteiger partial charge is 0.273 e. The molecule has 1 fully saturated rings. The number of piperidine rings is 1. The highest BCUT2D eigenvalue weighted by Crippen LogP contribution is 2.20. The predicted molar refractivity (Wildman–Crippen MR) is 104 cm³/mol. The highest BCUT2D eigenvalue weighted by molar-refractivity contribution is 5.93. The lowest BCUT2D eigenvalue weighted by atomic mass is 10.1. The minimum absolute atomic E-state index is 0.141. The normalized spacial score (nSPS) is 15.0. The molecule has 0 bridgehead atoms. The van der Waals surface area contributed by atoms with E-state index in [1.54, 1.807) is 0 Å². The van der Waals surface area contributed by atoms with Crippen molar-refractivity contribution in [2.75, 3.05) is 26.2 Å². The molecule has 2 aromatic rings. The number of carbonyl (C=O) groups excluding carboxylic acids is 1. The van der Waals surface area contributed by atoms with E-state index in [0.717, 1.165) is 44.5 Å². The number of rotatable bonds is 9. The van der Waals surface area contributed by atoms with Gasteiger partial charge in [0.15, 0.2) is 5.69 Å². The highest BCUT2D eigenvalue weighted by atomic mass is 16.5. The molecule has 27 heavy (non-hydrogen) atoms. The van der Waals surface area contributed by atoms with E-state index in [0.29, 0.717) is 31.5 Å². The van der Waals surface area contributed by atoms with Crippen molar-refractivity contribution in [1.82, 2.24) is 25.6 Å². The first kappa shape index (κ1) is 19.5. The van der Waals surface area contributed by atoms with E-state index in [1.807, 2.05) is 29.8 Å². The van der Waals surface area contributed by atoms with Crippen molar-refractivity contribution in [2.45, 2.75) is 45.3 Å². The van der Waals surface area contributed by atoms with Crippen LogP contribution in [-0.2, 0) is 11.3 Å². The second-order valence-corrected chi connectivity index (χ2v) is 6.95. The third-order valence-corrected chi connectivity index (χ3v) is 4.91. The molecule has 3 rings (SSSR count). The maximum Gasteiger partial charge on any atom is 0.273 e. The molecular weight excluding hydrogens is 342 g/mol. The van der Waals surface area contributed by atoms with E-state index in [1.165, 1.54) is 5.56 Å². The van der Waals surface area contributed by atoms with E-state index in [2.05, 4.69) is 33.1 Å². The van der Waals surface area contributed by atoms with Gasteiger partial charge in [0.25, 0.3) is 5.91 Å². The van der Waals surface area contributed by atoms with Crippen molar-refractivity contribution in [3.05, 3.63) is 47.3 Å². The predicted octanol–water partition coefficient (Wildman–Crippen LogP) is 2.24. The minimum atomic E-state index is -0.141. The molecule has 0 aliphatic carbocycles. The number of unbranched alkanes of at least 4 members (excludes halogenated alkanes) is 1. The van der Waals surface area contributed by atoms with Crippen LogP contribution in [0.4, 0.5) is 0 Å². The number of ether oxygens (including phenoxy) is 1. The third kappa shape index (κ3) is 5.61. The van der Waals surface area contributed by atoms with Gasteiger partial charge >= 0.3 is 0 Å². The number of hydrogen-bond donors (Lipinski definition) is 2. The van der Waals surface area contributed by atoms with Crippen LogP contribution >= 0.6 is 0 Å². The largest absolute Gasteiger partial charge is 0.377 e. The molecule has 0 spiro atoms. The van der Waals surface area contributed by atoms with Crippen molar-refractivity contribution in [3.8, 4) is 0 Å². The summed E-state index contributed by atoms with van der Waals surface area (Å²) in [6.45, 7) is 5.83. The van der Waals surface area contributed by atoms with E-state index < -0.39 is 0 Å². The van der Waals surface area contributed by atoms with E-state index in [4.69, 9.17) is 4.74 Å². The third-order valence-electron chi connectivity index (χ3n) is 4.91. The standard InChI is InChI=1S/C20H29N5O2/c1-16-19(23-24-25(16)18-9-12-21-13-10-18)20(26)22-11-5-6-14-27-15-17-7-3-2-4-8-17/h2-4,7-8,18,21H,5-6,9-15H2,1H3,(H,22,26). The zero-order valence-electron chi connectivity index (χ0n) is 16.0.